The van der Waals surface area contributed by atoms with Crippen LogP contribution >= 0.6 is 15.9 Å². The second kappa shape index (κ2) is 8.15. The zero-order valence-corrected chi connectivity index (χ0v) is 15.5. The Hall–Kier alpha value is -2.66. The molecule has 0 amide bonds. The van der Waals surface area contributed by atoms with Gasteiger partial charge in [0.2, 0.25) is 0 Å². The first-order valence-corrected chi connectivity index (χ1v) is 8.89. The summed E-state index contributed by atoms with van der Waals surface area (Å²) in [5.74, 6) is -2.02. The average molecular weight is 414 g/mol. The number of anilines is 1. The van der Waals surface area contributed by atoms with Crippen molar-refractivity contribution < 1.29 is 14.3 Å². The molecule has 5 heteroatoms. The molecular formula is C21H17BrFNO2. The molecule has 0 heterocycles. The molecule has 132 valence electrons. The smallest absolute Gasteiger partial charge is 0.338 e. The van der Waals surface area contributed by atoms with E-state index in [1.807, 2.05) is 65.6 Å². The molecule has 0 aliphatic heterocycles. The summed E-state index contributed by atoms with van der Waals surface area (Å²) in [5, 5.41) is 9.30. The van der Waals surface area contributed by atoms with E-state index >= 15 is 0 Å². The monoisotopic (exact) mass is 413 g/mol. The van der Waals surface area contributed by atoms with Gasteiger partial charge in [-0.05, 0) is 23.3 Å². The number of carboxylic acids is 1. The first-order chi connectivity index (χ1) is 12.5. The molecule has 0 bridgehead atoms. The van der Waals surface area contributed by atoms with E-state index in [9.17, 15) is 14.3 Å². The molecule has 0 fully saturated rings. The highest BCUT2D eigenvalue weighted by Crippen LogP contribution is 2.30. The maximum Gasteiger partial charge on any atom is 0.338 e. The van der Waals surface area contributed by atoms with E-state index in [0.29, 0.717) is 17.6 Å². The lowest BCUT2D eigenvalue weighted by molar-refractivity contribution is 0.0692. The van der Waals surface area contributed by atoms with Crippen LogP contribution in [0, 0.1) is 5.82 Å². The van der Waals surface area contributed by atoms with Gasteiger partial charge in [0.15, 0.2) is 5.82 Å². The van der Waals surface area contributed by atoms with Crippen LogP contribution in [0.4, 0.5) is 10.1 Å². The van der Waals surface area contributed by atoms with E-state index in [0.717, 1.165) is 11.1 Å². The first-order valence-electron chi connectivity index (χ1n) is 8.09. The van der Waals surface area contributed by atoms with Crippen molar-refractivity contribution in [1.29, 1.82) is 0 Å². The highest BCUT2D eigenvalue weighted by atomic mass is 79.9. The Morgan fingerprint density at radius 1 is 0.923 bits per heavy atom. The number of nitrogens with zero attached hydrogens (tertiary/aromatic N) is 1. The molecule has 0 aromatic heterocycles. The van der Waals surface area contributed by atoms with Gasteiger partial charge in [-0.25, -0.2) is 9.18 Å². The fraction of sp³-hybridized carbons (Fsp3) is 0.0952. The van der Waals surface area contributed by atoms with Gasteiger partial charge in [-0.15, -0.1) is 0 Å². The number of benzene rings is 3. The van der Waals surface area contributed by atoms with E-state index in [1.54, 1.807) is 6.07 Å². The second-order valence-corrected chi connectivity index (χ2v) is 6.83. The molecule has 0 saturated heterocycles. The van der Waals surface area contributed by atoms with Crippen LogP contribution in [0.1, 0.15) is 21.5 Å². The number of rotatable bonds is 6. The van der Waals surface area contributed by atoms with E-state index < -0.39 is 11.8 Å². The lowest BCUT2D eigenvalue weighted by Crippen LogP contribution is -2.24. The Kier molecular flexibility index (Phi) is 5.68. The topological polar surface area (TPSA) is 40.5 Å². The predicted molar refractivity (Wildman–Crippen MR) is 104 cm³/mol. The average Bonchev–Trinajstić information content (AvgIpc) is 2.64. The molecule has 3 aromatic carbocycles. The zero-order chi connectivity index (χ0) is 18.5. The first kappa shape index (κ1) is 18.1. The van der Waals surface area contributed by atoms with Crippen molar-refractivity contribution in [2.75, 3.05) is 4.90 Å². The van der Waals surface area contributed by atoms with E-state index in [-0.39, 0.29) is 11.3 Å². The third-order valence-electron chi connectivity index (χ3n) is 4.02. The summed E-state index contributed by atoms with van der Waals surface area (Å²) in [6, 6.07) is 22.3. The quantitative estimate of drug-likeness (QED) is 0.580. The molecule has 0 aliphatic rings. The lowest BCUT2D eigenvalue weighted by Gasteiger charge is -2.26. The van der Waals surface area contributed by atoms with Crippen molar-refractivity contribution in [3.8, 4) is 0 Å². The molecule has 0 spiro atoms. The Bertz CT molecular complexity index is 859. The van der Waals surface area contributed by atoms with Crippen LogP contribution in [0.2, 0.25) is 0 Å². The van der Waals surface area contributed by atoms with Gasteiger partial charge in [0.1, 0.15) is 0 Å². The molecule has 1 N–H and O–H groups in total. The summed E-state index contributed by atoms with van der Waals surface area (Å²) in [7, 11) is 0. The summed E-state index contributed by atoms with van der Waals surface area (Å²) in [6.07, 6.45) is 0. The maximum absolute atomic E-state index is 14.9. The van der Waals surface area contributed by atoms with Crippen LogP contribution in [-0.4, -0.2) is 11.1 Å². The van der Waals surface area contributed by atoms with Gasteiger partial charge in [0.25, 0.3) is 0 Å². The minimum Gasteiger partial charge on any atom is -0.478 e. The highest BCUT2D eigenvalue weighted by Gasteiger charge is 2.20. The van der Waals surface area contributed by atoms with Crippen LogP contribution in [0.25, 0.3) is 0 Å². The van der Waals surface area contributed by atoms with Crippen molar-refractivity contribution in [1.82, 2.24) is 0 Å². The van der Waals surface area contributed by atoms with Gasteiger partial charge >= 0.3 is 5.97 Å². The minimum atomic E-state index is -1.29. The van der Waals surface area contributed by atoms with Crippen LogP contribution in [-0.2, 0) is 13.1 Å². The van der Waals surface area contributed by atoms with Crippen molar-refractivity contribution in [2.24, 2.45) is 0 Å². The van der Waals surface area contributed by atoms with Crippen molar-refractivity contribution in [2.45, 2.75) is 13.1 Å². The maximum atomic E-state index is 14.9. The lowest BCUT2D eigenvalue weighted by atomic mass is 10.1. The fourth-order valence-electron chi connectivity index (χ4n) is 2.79. The number of carboxylic acid groups (broad SMARTS) is 1. The third-order valence-corrected chi connectivity index (χ3v) is 4.48. The predicted octanol–water partition coefficient (Wildman–Crippen LogP) is 5.49. The number of halogens is 2. The SMILES string of the molecule is O=C(O)c1cc(Br)cc(N(Cc2ccccc2)Cc2ccccc2)c1F. The summed E-state index contributed by atoms with van der Waals surface area (Å²) in [5.41, 5.74) is 1.93. The summed E-state index contributed by atoms with van der Waals surface area (Å²) >= 11 is 3.30. The Labute approximate surface area is 159 Å². The molecule has 0 aliphatic carbocycles. The van der Waals surface area contributed by atoms with Gasteiger partial charge in [-0.1, -0.05) is 76.6 Å². The zero-order valence-electron chi connectivity index (χ0n) is 13.9. The molecule has 3 rings (SSSR count). The number of hydrogen-bond acceptors (Lipinski definition) is 2. The van der Waals surface area contributed by atoms with Crippen LogP contribution < -0.4 is 4.90 Å². The molecule has 0 atom stereocenters. The van der Waals surface area contributed by atoms with Gasteiger partial charge in [0.05, 0.1) is 11.3 Å². The molecule has 0 saturated carbocycles. The Morgan fingerprint density at radius 2 is 1.42 bits per heavy atom. The molecule has 26 heavy (non-hydrogen) atoms. The second-order valence-electron chi connectivity index (χ2n) is 5.92. The Morgan fingerprint density at radius 3 is 1.88 bits per heavy atom. The fourth-order valence-corrected chi connectivity index (χ4v) is 3.24. The summed E-state index contributed by atoms with van der Waals surface area (Å²) in [4.78, 5) is 13.2. The number of carbonyl (C=O) groups is 1. The van der Waals surface area contributed by atoms with Crippen molar-refractivity contribution >= 4 is 27.6 Å². The number of hydrogen-bond donors (Lipinski definition) is 1. The van der Waals surface area contributed by atoms with Crippen LogP contribution in [0.15, 0.2) is 77.3 Å². The van der Waals surface area contributed by atoms with Crippen molar-refractivity contribution in [3.63, 3.8) is 0 Å². The van der Waals surface area contributed by atoms with Crippen LogP contribution in [0.3, 0.4) is 0 Å². The standard InChI is InChI=1S/C21H17BrFNO2/c22-17-11-18(21(25)26)20(23)19(12-17)24(13-15-7-3-1-4-8-15)14-16-9-5-2-6-10-16/h1-12H,13-14H2,(H,25,26). The third kappa shape index (κ3) is 4.29. The van der Waals surface area contributed by atoms with Gasteiger partial charge in [0, 0.05) is 17.6 Å². The van der Waals surface area contributed by atoms with E-state index in [2.05, 4.69) is 15.9 Å². The van der Waals surface area contributed by atoms with Crippen molar-refractivity contribution in [3.05, 3.63) is 99.8 Å². The molecular weight excluding hydrogens is 397 g/mol. The van der Waals surface area contributed by atoms with E-state index in [4.69, 9.17) is 0 Å². The largest absolute Gasteiger partial charge is 0.478 e. The normalized spacial score (nSPS) is 10.5. The molecule has 3 nitrogen and oxygen atoms in total. The molecule has 3 aromatic rings. The number of aromatic carboxylic acids is 1. The van der Waals surface area contributed by atoms with Gasteiger partial charge < -0.3 is 10.0 Å². The molecule has 0 radical (unpaired) electrons. The van der Waals surface area contributed by atoms with Gasteiger partial charge in [-0.2, -0.15) is 0 Å². The van der Waals surface area contributed by atoms with Crippen LogP contribution in [0.5, 0.6) is 0 Å². The highest BCUT2D eigenvalue weighted by molar-refractivity contribution is 9.10. The Balaban J connectivity index is 2.04. The summed E-state index contributed by atoms with van der Waals surface area (Å²) < 4.78 is 15.4. The molecule has 0 unspecified atom stereocenters. The van der Waals surface area contributed by atoms with Gasteiger partial charge in [-0.3, -0.25) is 0 Å². The minimum absolute atomic E-state index is 0.254. The van der Waals surface area contributed by atoms with E-state index in [1.165, 1.54) is 6.07 Å². The summed E-state index contributed by atoms with van der Waals surface area (Å²) in [6.45, 7) is 0.921.